The normalized spacial score (nSPS) is 12.2. The van der Waals surface area contributed by atoms with Crippen LogP contribution in [-0.2, 0) is 5.54 Å². The third kappa shape index (κ3) is 4.74. The van der Waals surface area contributed by atoms with E-state index >= 15 is 0 Å². The molecule has 28 heavy (non-hydrogen) atoms. The molecule has 6 nitrogen and oxygen atoms in total. The monoisotopic (exact) mass is 379 g/mol. The molecular weight excluding hydrogens is 357 g/mol. The van der Waals surface area contributed by atoms with Gasteiger partial charge >= 0.3 is 0 Å². The second-order valence-electron chi connectivity index (χ2n) is 6.36. The van der Waals surface area contributed by atoms with Crippen LogP contribution in [0.3, 0.4) is 0 Å². The number of nitrogens with two attached hydrogens (primary N) is 1. The van der Waals surface area contributed by atoms with Crippen LogP contribution in [0.25, 0.3) is 5.57 Å². The zero-order valence-corrected chi connectivity index (χ0v) is 16.0. The van der Waals surface area contributed by atoms with Crippen LogP contribution in [0.5, 0.6) is 5.75 Å². The first kappa shape index (κ1) is 20.6. The SMILES string of the molecule is C=C/C(=C\NC(N)=NC(C)(C)c1ncccc1OC)c1cc(C#N)ccc1F. The van der Waals surface area contributed by atoms with Crippen LogP contribution in [-0.4, -0.2) is 18.1 Å². The minimum absolute atomic E-state index is 0.105. The molecule has 0 amide bonds. The van der Waals surface area contributed by atoms with Crippen molar-refractivity contribution in [1.29, 1.82) is 5.26 Å². The summed E-state index contributed by atoms with van der Waals surface area (Å²) in [6.45, 7) is 7.39. The van der Waals surface area contributed by atoms with Crippen LogP contribution >= 0.6 is 0 Å². The summed E-state index contributed by atoms with van der Waals surface area (Å²) in [5.74, 6) is 0.233. The third-order valence-electron chi connectivity index (χ3n) is 3.97. The maximum absolute atomic E-state index is 14.1. The lowest BCUT2D eigenvalue weighted by Gasteiger charge is -2.22. The molecule has 0 aliphatic carbocycles. The molecule has 0 aliphatic rings. The van der Waals surface area contributed by atoms with E-state index < -0.39 is 11.4 Å². The van der Waals surface area contributed by atoms with Gasteiger partial charge in [0, 0.05) is 23.5 Å². The van der Waals surface area contributed by atoms with Crippen LogP contribution in [0.1, 0.15) is 30.7 Å². The van der Waals surface area contributed by atoms with E-state index in [9.17, 15) is 4.39 Å². The average Bonchev–Trinajstić information content (AvgIpc) is 2.69. The van der Waals surface area contributed by atoms with E-state index in [-0.39, 0.29) is 11.5 Å². The van der Waals surface area contributed by atoms with Crippen molar-refractivity contribution in [3.05, 3.63) is 78.0 Å². The quantitative estimate of drug-likeness (QED) is 0.455. The lowest BCUT2D eigenvalue weighted by Crippen LogP contribution is -2.32. The molecule has 0 radical (unpaired) electrons. The van der Waals surface area contributed by atoms with Crippen LogP contribution in [0, 0.1) is 17.1 Å². The Bertz CT molecular complexity index is 973. The van der Waals surface area contributed by atoms with Gasteiger partial charge in [-0.1, -0.05) is 12.7 Å². The van der Waals surface area contributed by atoms with E-state index in [0.717, 1.165) is 0 Å². The molecule has 1 aromatic carbocycles. The van der Waals surface area contributed by atoms with Gasteiger partial charge in [-0.2, -0.15) is 5.26 Å². The van der Waals surface area contributed by atoms with Gasteiger partial charge in [0.2, 0.25) is 0 Å². The van der Waals surface area contributed by atoms with E-state index in [1.165, 1.54) is 30.5 Å². The molecule has 2 rings (SSSR count). The van der Waals surface area contributed by atoms with E-state index in [2.05, 4.69) is 21.9 Å². The fraction of sp³-hybridized carbons (Fsp3) is 0.190. The summed E-state index contributed by atoms with van der Waals surface area (Å²) in [5, 5.41) is 11.9. The predicted molar refractivity (Wildman–Crippen MR) is 108 cm³/mol. The Hall–Kier alpha value is -3.66. The summed E-state index contributed by atoms with van der Waals surface area (Å²) in [5.41, 5.74) is 6.88. The summed E-state index contributed by atoms with van der Waals surface area (Å²) >= 11 is 0. The molecule has 0 unspecified atom stereocenters. The first-order valence-corrected chi connectivity index (χ1v) is 8.46. The van der Waals surface area contributed by atoms with Gasteiger partial charge in [-0.3, -0.25) is 4.98 Å². The second kappa shape index (κ2) is 8.82. The zero-order valence-electron chi connectivity index (χ0n) is 16.0. The Morgan fingerprint density at radius 3 is 2.82 bits per heavy atom. The zero-order chi connectivity index (χ0) is 20.7. The number of hydrogen-bond acceptors (Lipinski definition) is 4. The van der Waals surface area contributed by atoms with E-state index in [1.54, 1.807) is 25.4 Å². The van der Waals surface area contributed by atoms with Crippen molar-refractivity contribution in [1.82, 2.24) is 10.3 Å². The number of pyridine rings is 1. The first-order chi connectivity index (χ1) is 13.3. The molecule has 7 heteroatoms. The molecule has 0 saturated heterocycles. The van der Waals surface area contributed by atoms with Gasteiger partial charge < -0.3 is 15.8 Å². The summed E-state index contributed by atoms with van der Waals surface area (Å²) in [6.07, 6.45) is 4.60. The Labute approximate surface area is 163 Å². The highest BCUT2D eigenvalue weighted by Crippen LogP contribution is 2.30. The van der Waals surface area contributed by atoms with E-state index in [4.69, 9.17) is 15.7 Å². The Kier molecular flexibility index (Phi) is 6.51. The van der Waals surface area contributed by atoms with E-state index in [0.29, 0.717) is 22.6 Å². The van der Waals surface area contributed by atoms with Crippen molar-refractivity contribution in [2.75, 3.05) is 7.11 Å². The predicted octanol–water partition coefficient (Wildman–Crippen LogP) is 3.47. The lowest BCUT2D eigenvalue weighted by molar-refractivity contribution is 0.389. The van der Waals surface area contributed by atoms with Crippen LogP contribution in [0.2, 0.25) is 0 Å². The van der Waals surface area contributed by atoms with Crippen molar-refractivity contribution in [3.63, 3.8) is 0 Å². The highest BCUT2D eigenvalue weighted by molar-refractivity contribution is 5.83. The fourth-order valence-corrected chi connectivity index (χ4v) is 2.62. The Morgan fingerprint density at radius 2 is 2.18 bits per heavy atom. The summed E-state index contributed by atoms with van der Waals surface area (Å²) in [7, 11) is 1.56. The Balaban J connectivity index is 2.31. The smallest absolute Gasteiger partial charge is 0.193 e. The third-order valence-corrected chi connectivity index (χ3v) is 3.97. The van der Waals surface area contributed by atoms with Gasteiger partial charge in [0.1, 0.15) is 22.8 Å². The molecule has 1 heterocycles. The van der Waals surface area contributed by atoms with Gasteiger partial charge in [-0.25, -0.2) is 9.38 Å². The number of methoxy groups -OCH3 is 1. The standard InChI is InChI=1S/C21H22FN5O/c1-5-15(16-11-14(12-23)8-9-17(16)22)13-26-20(24)27-21(2,3)19-18(28-4)7-6-10-25-19/h5-11,13H,1H2,2-4H3,(H3,24,26,27)/b15-13+. The number of benzene rings is 1. The van der Waals surface area contributed by atoms with Gasteiger partial charge in [-0.15, -0.1) is 0 Å². The number of ether oxygens (including phenoxy) is 1. The highest BCUT2D eigenvalue weighted by Gasteiger charge is 2.25. The number of halogens is 1. The fourth-order valence-electron chi connectivity index (χ4n) is 2.62. The molecule has 0 atom stereocenters. The highest BCUT2D eigenvalue weighted by atomic mass is 19.1. The van der Waals surface area contributed by atoms with E-state index in [1.807, 2.05) is 19.9 Å². The van der Waals surface area contributed by atoms with Gasteiger partial charge in [0.05, 0.1) is 18.7 Å². The molecule has 1 aromatic heterocycles. The molecule has 0 aliphatic heterocycles. The Morgan fingerprint density at radius 1 is 1.43 bits per heavy atom. The number of nitriles is 1. The molecule has 3 N–H and O–H groups in total. The molecule has 0 spiro atoms. The summed E-state index contributed by atoms with van der Waals surface area (Å²) in [6, 6.07) is 9.64. The number of aliphatic imine (C=N–C) groups is 1. The number of rotatable bonds is 6. The first-order valence-electron chi connectivity index (χ1n) is 8.46. The van der Waals surface area contributed by atoms with Gasteiger partial charge in [0.15, 0.2) is 5.96 Å². The van der Waals surface area contributed by atoms with Crippen molar-refractivity contribution < 1.29 is 9.13 Å². The van der Waals surface area contributed by atoms with Crippen molar-refractivity contribution >= 4 is 11.5 Å². The number of nitrogens with one attached hydrogen (secondary N) is 1. The average molecular weight is 379 g/mol. The van der Waals surface area contributed by atoms with Crippen LogP contribution in [0.4, 0.5) is 4.39 Å². The van der Waals surface area contributed by atoms with Crippen LogP contribution in [0.15, 0.2) is 60.4 Å². The summed E-state index contributed by atoms with van der Waals surface area (Å²) in [4.78, 5) is 8.80. The number of allylic oxidation sites excluding steroid dienone is 2. The number of hydrogen-bond donors (Lipinski definition) is 2. The second-order valence-corrected chi connectivity index (χ2v) is 6.36. The molecule has 144 valence electrons. The lowest BCUT2D eigenvalue weighted by atomic mass is 10.00. The molecule has 0 bridgehead atoms. The van der Waals surface area contributed by atoms with Crippen molar-refractivity contribution in [3.8, 4) is 11.8 Å². The molecule has 0 saturated carbocycles. The molecule has 0 fully saturated rings. The number of aromatic nitrogens is 1. The minimum Gasteiger partial charge on any atom is -0.495 e. The topological polar surface area (TPSA) is 96.3 Å². The number of nitrogens with zero attached hydrogens (tertiary/aromatic N) is 3. The summed E-state index contributed by atoms with van der Waals surface area (Å²) < 4.78 is 19.5. The largest absolute Gasteiger partial charge is 0.495 e. The van der Waals surface area contributed by atoms with Crippen molar-refractivity contribution in [2.45, 2.75) is 19.4 Å². The maximum atomic E-state index is 14.1. The number of guanidine groups is 1. The maximum Gasteiger partial charge on any atom is 0.193 e. The van der Waals surface area contributed by atoms with Crippen molar-refractivity contribution in [2.24, 2.45) is 10.7 Å². The van der Waals surface area contributed by atoms with Gasteiger partial charge in [0.25, 0.3) is 0 Å². The van der Waals surface area contributed by atoms with Gasteiger partial charge in [-0.05, 0) is 44.2 Å². The minimum atomic E-state index is -0.766. The molecular formula is C21H22FN5O. The molecule has 2 aromatic rings. The van der Waals surface area contributed by atoms with Crippen LogP contribution < -0.4 is 15.8 Å².